The van der Waals surface area contributed by atoms with E-state index in [-0.39, 0.29) is 0 Å². The van der Waals surface area contributed by atoms with Gasteiger partial charge in [0, 0.05) is 24.2 Å². The van der Waals surface area contributed by atoms with Gasteiger partial charge in [0.25, 0.3) is 5.22 Å². The van der Waals surface area contributed by atoms with Gasteiger partial charge in [0.15, 0.2) is 10.7 Å². The zero-order valence-electron chi connectivity index (χ0n) is 9.62. The van der Waals surface area contributed by atoms with Crippen LogP contribution in [-0.2, 0) is 0 Å². The number of fused-ring (bicyclic) bond motifs is 1. The third kappa shape index (κ3) is 2.02. The molecule has 0 aliphatic rings. The Morgan fingerprint density at radius 3 is 2.72 bits per heavy atom. The van der Waals surface area contributed by atoms with Gasteiger partial charge in [0.05, 0.1) is 5.69 Å². The van der Waals surface area contributed by atoms with E-state index in [9.17, 15) is 0 Å². The molecule has 0 atom stereocenters. The number of oxazole rings is 1. The normalized spacial score (nSPS) is 10.9. The minimum atomic E-state index is 0.492. The summed E-state index contributed by atoms with van der Waals surface area (Å²) in [5.41, 5.74) is 8.78. The molecule has 2 heterocycles. The number of nitrogens with two attached hydrogens (primary N) is 1. The highest BCUT2D eigenvalue weighted by molar-refractivity contribution is 7.98. The highest BCUT2D eigenvalue weighted by Crippen LogP contribution is 2.29. The SMILES string of the molecule is Cc1cnc(Sc2nc3c(N)cccc3o2)nc1. The zero-order valence-corrected chi connectivity index (χ0v) is 10.4. The molecule has 3 aromatic rings. The van der Waals surface area contributed by atoms with Crippen molar-refractivity contribution in [1.82, 2.24) is 15.0 Å². The van der Waals surface area contributed by atoms with Gasteiger partial charge in [-0.3, -0.25) is 0 Å². The Bertz CT molecular complexity index is 693. The van der Waals surface area contributed by atoms with Crippen molar-refractivity contribution in [2.24, 2.45) is 0 Å². The fourth-order valence-corrected chi connectivity index (χ4v) is 2.14. The first-order valence-corrected chi connectivity index (χ1v) is 6.15. The monoisotopic (exact) mass is 258 g/mol. The summed E-state index contributed by atoms with van der Waals surface area (Å²) < 4.78 is 5.57. The van der Waals surface area contributed by atoms with Crippen molar-refractivity contribution >= 4 is 28.5 Å². The molecular weight excluding hydrogens is 248 g/mol. The van der Waals surface area contributed by atoms with Crippen molar-refractivity contribution in [3.05, 3.63) is 36.2 Å². The summed E-state index contributed by atoms with van der Waals surface area (Å²) in [5.74, 6) is 0. The maximum atomic E-state index is 5.82. The summed E-state index contributed by atoms with van der Waals surface area (Å²) in [6.07, 6.45) is 3.51. The molecule has 90 valence electrons. The van der Waals surface area contributed by atoms with Crippen LogP contribution in [0.4, 0.5) is 5.69 Å². The molecule has 3 rings (SSSR count). The molecular formula is C12H10N4OS. The number of para-hydroxylation sites is 1. The number of rotatable bonds is 2. The van der Waals surface area contributed by atoms with E-state index >= 15 is 0 Å². The zero-order chi connectivity index (χ0) is 12.5. The van der Waals surface area contributed by atoms with E-state index in [2.05, 4.69) is 15.0 Å². The summed E-state index contributed by atoms with van der Waals surface area (Å²) in [7, 11) is 0. The maximum absolute atomic E-state index is 5.82. The van der Waals surface area contributed by atoms with Crippen LogP contribution >= 0.6 is 11.8 Å². The van der Waals surface area contributed by atoms with Gasteiger partial charge in [-0.25, -0.2) is 15.0 Å². The first kappa shape index (κ1) is 11.0. The first-order valence-electron chi connectivity index (χ1n) is 5.34. The largest absolute Gasteiger partial charge is 0.431 e. The Morgan fingerprint density at radius 2 is 2.00 bits per heavy atom. The van der Waals surface area contributed by atoms with Crippen LogP contribution in [0.1, 0.15) is 5.56 Å². The Hall–Kier alpha value is -2.08. The molecule has 0 saturated carbocycles. The van der Waals surface area contributed by atoms with Crippen molar-refractivity contribution < 1.29 is 4.42 Å². The smallest absolute Gasteiger partial charge is 0.264 e. The number of nitrogen functional groups attached to an aromatic ring is 1. The predicted molar refractivity (Wildman–Crippen MR) is 69.3 cm³/mol. The molecule has 0 fully saturated rings. The van der Waals surface area contributed by atoms with Crippen LogP contribution in [0.25, 0.3) is 11.1 Å². The summed E-state index contributed by atoms with van der Waals surface area (Å²) in [6, 6.07) is 5.46. The van der Waals surface area contributed by atoms with E-state index in [1.54, 1.807) is 18.5 Å². The number of aromatic nitrogens is 3. The molecule has 2 N–H and O–H groups in total. The molecule has 0 aliphatic heterocycles. The highest BCUT2D eigenvalue weighted by atomic mass is 32.2. The Morgan fingerprint density at radius 1 is 1.22 bits per heavy atom. The van der Waals surface area contributed by atoms with Gasteiger partial charge in [-0.1, -0.05) is 6.07 Å². The van der Waals surface area contributed by atoms with Gasteiger partial charge < -0.3 is 10.2 Å². The van der Waals surface area contributed by atoms with E-state index in [1.165, 1.54) is 11.8 Å². The van der Waals surface area contributed by atoms with Crippen LogP contribution in [-0.4, -0.2) is 15.0 Å². The molecule has 5 nitrogen and oxygen atoms in total. The standard InChI is InChI=1S/C12H10N4OS/c1-7-5-14-11(15-6-7)18-12-16-10-8(13)3-2-4-9(10)17-12/h2-6H,13H2,1H3. The van der Waals surface area contributed by atoms with Crippen molar-refractivity contribution in [3.63, 3.8) is 0 Å². The third-order valence-electron chi connectivity index (χ3n) is 2.37. The Balaban J connectivity index is 1.95. The molecule has 18 heavy (non-hydrogen) atoms. The Kier molecular flexibility index (Phi) is 2.64. The average molecular weight is 258 g/mol. The fourth-order valence-electron chi connectivity index (χ4n) is 1.50. The van der Waals surface area contributed by atoms with Crippen LogP contribution < -0.4 is 5.73 Å². The van der Waals surface area contributed by atoms with Gasteiger partial charge in [-0.2, -0.15) is 0 Å². The lowest BCUT2D eigenvalue weighted by atomic mass is 10.3. The van der Waals surface area contributed by atoms with E-state index in [0.29, 0.717) is 27.2 Å². The van der Waals surface area contributed by atoms with Gasteiger partial charge in [0.2, 0.25) is 0 Å². The van der Waals surface area contributed by atoms with E-state index in [0.717, 1.165) is 5.56 Å². The topological polar surface area (TPSA) is 77.8 Å². The number of anilines is 1. The maximum Gasteiger partial charge on any atom is 0.264 e. The summed E-state index contributed by atoms with van der Waals surface area (Å²) in [6.45, 7) is 1.94. The third-order valence-corrected chi connectivity index (χ3v) is 3.11. The van der Waals surface area contributed by atoms with Crippen molar-refractivity contribution in [1.29, 1.82) is 0 Å². The minimum absolute atomic E-state index is 0.492. The Labute approximate surface area is 107 Å². The second kappa shape index (κ2) is 4.30. The average Bonchev–Trinajstić information content (AvgIpc) is 2.76. The number of aryl methyl sites for hydroxylation is 1. The van der Waals surface area contributed by atoms with E-state index in [4.69, 9.17) is 10.2 Å². The lowest BCUT2D eigenvalue weighted by Gasteiger charge is -1.94. The highest BCUT2D eigenvalue weighted by Gasteiger charge is 2.10. The molecule has 2 aromatic heterocycles. The second-order valence-electron chi connectivity index (χ2n) is 3.82. The van der Waals surface area contributed by atoms with Crippen LogP contribution in [0.3, 0.4) is 0 Å². The number of benzene rings is 1. The van der Waals surface area contributed by atoms with E-state index < -0.39 is 0 Å². The molecule has 0 radical (unpaired) electrons. The molecule has 0 spiro atoms. The number of nitrogens with zero attached hydrogens (tertiary/aromatic N) is 3. The lowest BCUT2D eigenvalue weighted by molar-refractivity contribution is 0.488. The first-order chi connectivity index (χ1) is 8.72. The summed E-state index contributed by atoms with van der Waals surface area (Å²) in [5, 5.41) is 1.09. The van der Waals surface area contributed by atoms with E-state index in [1.807, 2.05) is 19.1 Å². The predicted octanol–water partition coefficient (Wildman–Crippen LogP) is 2.66. The molecule has 0 saturated heterocycles. The van der Waals surface area contributed by atoms with Crippen molar-refractivity contribution in [2.75, 3.05) is 5.73 Å². The molecule has 0 bridgehead atoms. The minimum Gasteiger partial charge on any atom is -0.431 e. The molecule has 0 amide bonds. The summed E-state index contributed by atoms with van der Waals surface area (Å²) >= 11 is 1.28. The lowest BCUT2D eigenvalue weighted by Crippen LogP contribution is -1.87. The van der Waals surface area contributed by atoms with Gasteiger partial charge in [-0.05, 0) is 24.6 Å². The van der Waals surface area contributed by atoms with Crippen LogP contribution in [0.15, 0.2) is 45.4 Å². The quantitative estimate of drug-likeness (QED) is 0.562. The second-order valence-corrected chi connectivity index (χ2v) is 4.74. The summed E-state index contributed by atoms with van der Waals surface area (Å²) in [4.78, 5) is 12.7. The van der Waals surface area contributed by atoms with Crippen LogP contribution in [0.2, 0.25) is 0 Å². The van der Waals surface area contributed by atoms with Crippen LogP contribution in [0.5, 0.6) is 0 Å². The van der Waals surface area contributed by atoms with Crippen LogP contribution in [0, 0.1) is 6.92 Å². The van der Waals surface area contributed by atoms with Gasteiger partial charge in [-0.15, -0.1) is 0 Å². The molecule has 1 aromatic carbocycles. The molecule has 0 aliphatic carbocycles. The fraction of sp³-hybridized carbons (Fsp3) is 0.0833. The van der Waals surface area contributed by atoms with Gasteiger partial charge >= 0.3 is 0 Å². The molecule has 6 heteroatoms. The molecule has 0 unspecified atom stereocenters. The van der Waals surface area contributed by atoms with Crippen molar-refractivity contribution in [3.8, 4) is 0 Å². The number of hydrogen-bond acceptors (Lipinski definition) is 6. The van der Waals surface area contributed by atoms with Crippen molar-refractivity contribution in [2.45, 2.75) is 17.3 Å². The number of hydrogen-bond donors (Lipinski definition) is 1. The van der Waals surface area contributed by atoms with Gasteiger partial charge in [0.1, 0.15) is 5.52 Å².